The van der Waals surface area contributed by atoms with E-state index in [9.17, 15) is 5.11 Å². The van der Waals surface area contributed by atoms with Crippen molar-refractivity contribution in [1.29, 1.82) is 0 Å². The topological polar surface area (TPSA) is 60.2 Å². The SMILES string of the molecule is CCO/C(=C\C(c1ccccc1)C(O)(c1ccccc1)c1ccccc1)n1nnc2ccccc21. The number of aliphatic hydroxyl groups is 1. The third-order valence-corrected chi connectivity index (χ3v) is 6.20. The quantitative estimate of drug-likeness (QED) is 0.289. The number of fused-ring (bicyclic) bond motifs is 1. The molecule has 174 valence electrons. The molecule has 1 heterocycles. The molecule has 0 bridgehead atoms. The molecule has 0 saturated heterocycles. The van der Waals surface area contributed by atoms with Crippen LogP contribution in [0.4, 0.5) is 0 Å². The zero-order valence-electron chi connectivity index (χ0n) is 19.5. The van der Waals surface area contributed by atoms with Crippen molar-refractivity contribution < 1.29 is 9.84 Å². The molecule has 1 unspecified atom stereocenters. The highest BCUT2D eigenvalue weighted by molar-refractivity contribution is 5.77. The molecular weight excluding hydrogens is 434 g/mol. The van der Waals surface area contributed by atoms with Crippen LogP contribution in [0.25, 0.3) is 16.9 Å². The summed E-state index contributed by atoms with van der Waals surface area (Å²) in [6.45, 7) is 2.38. The molecule has 0 amide bonds. The van der Waals surface area contributed by atoms with Crippen LogP contribution in [0.3, 0.4) is 0 Å². The Hall–Kier alpha value is -4.22. The predicted octanol–water partition coefficient (Wildman–Crippen LogP) is 5.99. The first-order valence-electron chi connectivity index (χ1n) is 11.8. The Bertz CT molecular complexity index is 1370. The number of para-hydroxylation sites is 1. The van der Waals surface area contributed by atoms with Gasteiger partial charge in [0.15, 0.2) is 0 Å². The molecule has 1 N–H and O–H groups in total. The van der Waals surface area contributed by atoms with Gasteiger partial charge in [-0.25, -0.2) is 0 Å². The largest absolute Gasteiger partial charge is 0.478 e. The summed E-state index contributed by atoms with van der Waals surface area (Å²) in [5, 5.41) is 21.3. The van der Waals surface area contributed by atoms with E-state index in [-0.39, 0.29) is 0 Å². The summed E-state index contributed by atoms with van der Waals surface area (Å²) < 4.78 is 7.82. The van der Waals surface area contributed by atoms with Crippen molar-refractivity contribution >= 4 is 16.9 Å². The number of aromatic nitrogens is 3. The monoisotopic (exact) mass is 461 g/mol. The summed E-state index contributed by atoms with van der Waals surface area (Å²) in [6, 6.07) is 37.3. The van der Waals surface area contributed by atoms with Gasteiger partial charge in [-0.3, -0.25) is 0 Å². The Morgan fingerprint density at radius 1 is 0.829 bits per heavy atom. The highest BCUT2D eigenvalue weighted by atomic mass is 16.5. The molecule has 5 nitrogen and oxygen atoms in total. The predicted molar refractivity (Wildman–Crippen MR) is 138 cm³/mol. The van der Waals surface area contributed by atoms with E-state index in [1.807, 2.05) is 128 Å². The maximum Gasteiger partial charge on any atom is 0.213 e. The number of hydrogen-bond acceptors (Lipinski definition) is 4. The maximum absolute atomic E-state index is 12.6. The number of benzene rings is 4. The molecule has 5 rings (SSSR count). The van der Waals surface area contributed by atoms with Gasteiger partial charge in [-0.15, -0.1) is 5.10 Å². The second kappa shape index (κ2) is 9.95. The minimum absolute atomic E-state index is 0.441. The number of hydrogen-bond donors (Lipinski definition) is 1. The lowest BCUT2D eigenvalue weighted by molar-refractivity contribution is 0.0640. The summed E-state index contributed by atoms with van der Waals surface area (Å²) in [6.07, 6.45) is 1.96. The maximum atomic E-state index is 12.6. The molecule has 0 fully saturated rings. The van der Waals surface area contributed by atoms with Gasteiger partial charge in [0.1, 0.15) is 11.1 Å². The second-order valence-corrected chi connectivity index (χ2v) is 8.31. The highest BCUT2D eigenvalue weighted by Gasteiger charge is 2.40. The molecule has 0 spiro atoms. The van der Waals surface area contributed by atoms with E-state index < -0.39 is 11.5 Å². The average Bonchev–Trinajstić information content (AvgIpc) is 3.36. The first-order chi connectivity index (χ1) is 17.2. The summed E-state index contributed by atoms with van der Waals surface area (Å²) in [5.74, 6) is 0.0263. The number of rotatable bonds is 8. The van der Waals surface area contributed by atoms with Crippen LogP contribution in [-0.2, 0) is 10.3 Å². The van der Waals surface area contributed by atoms with Crippen molar-refractivity contribution in [2.75, 3.05) is 6.61 Å². The lowest BCUT2D eigenvalue weighted by Gasteiger charge is -2.36. The van der Waals surface area contributed by atoms with Crippen molar-refractivity contribution in [3.8, 4) is 0 Å². The fraction of sp³-hybridized carbons (Fsp3) is 0.133. The van der Waals surface area contributed by atoms with Gasteiger partial charge in [-0.1, -0.05) is 108 Å². The van der Waals surface area contributed by atoms with Crippen molar-refractivity contribution in [3.63, 3.8) is 0 Å². The fourth-order valence-electron chi connectivity index (χ4n) is 4.53. The molecule has 0 aliphatic carbocycles. The van der Waals surface area contributed by atoms with Gasteiger partial charge in [0.2, 0.25) is 5.88 Å². The molecule has 0 aliphatic rings. The first kappa shape index (κ1) is 22.6. The van der Waals surface area contributed by atoms with Crippen molar-refractivity contribution in [2.24, 2.45) is 0 Å². The summed E-state index contributed by atoms with van der Waals surface area (Å²) in [4.78, 5) is 0. The normalized spacial score (nSPS) is 13.0. The molecule has 5 aromatic rings. The third-order valence-electron chi connectivity index (χ3n) is 6.20. The molecule has 0 radical (unpaired) electrons. The molecule has 0 saturated carbocycles. The van der Waals surface area contributed by atoms with E-state index in [2.05, 4.69) is 10.3 Å². The van der Waals surface area contributed by atoms with Gasteiger partial charge in [0, 0.05) is 5.92 Å². The number of ether oxygens (including phenoxy) is 1. The summed E-state index contributed by atoms with van der Waals surface area (Å²) >= 11 is 0. The Morgan fingerprint density at radius 3 is 1.97 bits per heavy atom. The fourth-order valence-corrected chi connectivity index (χ4v) is 4.53. The highest BCUT2D eigenvalue weighted by Crippen LogP contribution is 2.44. The van der Waals surface area contributed by atoms with Crippen LogP contribution in [0, 0.1) is 0 Å². The number of nitrogens with zero attached hydrogens (tertiary/aromatic N) is 3. The zero-order chi connectivity index (χ0) is 24.1. The molecule has 4 aromatic carbocycles. The lowest BCUT2D eigenvalue weighted by atomic mass is 9.73. The molecular formula is C30H27N3O2. The Labute approximate surface area is 204 Å². The Morgan fingerprint density at radius 2 is 1.37 bits per heavy atom. The van der Waals surface area contributed by atoms with E-state index in [0.29, 0.717) is 12.5 Å². The van der Waals surface area contributed by atoms with E-state index in [0.717, 1.165) is 27.7 Å². The van der Waals surface area contributed by atoms with Crippen molar-refractivity contribution in [3.05, 3.63) is 138 Å². The van der Waals surface area contributed by atoms with Crippen LogP contribution in [-0.4, -0.2) is 26.7 Å². The van der Waals surface area contributed by atoms with Crippen LogP contribution < -0.4 is 0 Å². The van der Waals surface area contributed by atoms with Gasteiger partial charge in [-0.05, 0) is 41.8 Å². The average molecular weight is 462 g/mol. The van der Waals surface area contributed by atoms with Crippen LogP contribution >= 0.6 is 0 Å². The van der Waals surface area contributed by atoms with E-state index in [1.165, 1.54) is 0 Å². The summed E-state index contributed by atoms with van der Waals surface area (Å²) in [5.41, 5.74) is 2.76. The smallest absolute Gasteiger partial charge is 0.213 e. The lowest BCUT2D eigenvalue weighted by Crippen LogP contribution is -2.34. The molecule has 35 heavy (non-hydrogen) atoms. The molecule has 1 aromatic heterocycles. The summed E-state index contributed by atoms with van der Waals surface area (Å²) in [7, 11) is 0. The van der Waals surface area contributed by atoms with Gasteiger partial charge < -0.3 is 9.84 Å². The van der Waals surface area contributed by atoms with E-state index >= 15 is 0 Å². The van der Waals surface area contributed by atoms with E-state index in [1.54, 1.807) is 4.68 Å². The molecule has 5 heteroatoms. The third kappa shape index (κ3) is 4.34. The zero-order valence-corrected chi connectivity index (χ0v) is 19.5. The standard InChI is InChI=1S/C30H27N3O2/c1-2-35-29(33-28-21-13-12-20-27(28)31-32-33)22-26(23-14-6-3-7-15-23)30(34,24-16-8-4-9-17-24)25-18-10-5-11-19-25/h3-22,26,34H,2H2,1H3/b29-22-. The van der Waals surface area contributed by atoms with Gasteiger partial charge >= 0.3 is 0 Å². The van der Waals surface area contributed by atoms with Gasteiger partial charge in [0.05, 0.1) is 12.1 Å². The van der Waals surface area contributed by atoms with Crippen LogP contribution in [0.15, 0.2) is 121 Å². The molecule has 1 atom stereocenters. The van der Waals surface area contributed by atoms with Crippen LogP contribution in [0.2, 0.25) is 0 Å². The minimum atomic E-state index is -1.37. The van der Waals surface area contributed by atoms with Crippen molar-refractivity contribution in [2.45, 2.75) is 18.4 Å². The second-order valence-electron chi connectivity index (χ2n) is 8.31. The molecule has 0 aliphatic heterocycles. The van der Waals surface area contributed by atoms with Crippen molar-refractivity contribution in [1.82, 2.24) is 15.0 Å². The first-order valence-corrected chi connectivity index (χ1v) is 11.8. The van der Waals surface area contributed by atoms with Crippen LogP contribution in [0.1, 0.15) is 29.5 Å². The van der Waals surface area contributed by atoms with E-state index in [4.69, 9.17) is 4.74 Å². The Kier molecular flexibility index (Phi) is 6.42. The van der Waals surface area contributed by atoms with Crippen LogP contribution in [0.5, 0.6) is 0 Å². The van der Waals surface area contributed by atoms with Gasteiger partial charge in [0.25, 0.3) is 0 Å². The Balaban J connectivity index is 1.77. The minimum Gasteiger partial charge on any atom is -0.478 e. The van der Waals surface area contributed by atoms with Gasteiger partial charge in [-0.2, -0.15) is 4.68 Å².